The van der Waals surface area contributed by atoms with Gasteiger partial charge in [0.05, 0.1) is 31.6 Å². The number of rotatable bonds is 5. The number of hydrogen-bond acceptors (Lipinski definition) is 8. The van der Waals surface area contributed by atoms with Gasteiger partial charge in [-0.2, -0.15) is 0 Å². The smallest absolute Gasteiger partial charge is 0.296 e. The topological polar surface area (TPSA) is 114 Å². The van der Waals surface area contributed by atoms with Gasteiger partial charge in [0.2, 0.25) is 5.78 Å². The first-order chi connectivity index (χ1) is 15.8. The molecule has 0 spiro atoms. The predicted molar refractivity (Wildman–Crippen MR) is 121 cm³/mol. The SMILES string of the molecule is O=C(C1=C(O)C(=O)N(c2nc3ccc(F)cc3s2)C1c1cccc([N+](=O)[O-])c1)c1cccs1. The summed E-state index contributed by atoms with van der Waals surface area (Å²) >= 11 is 2.15. The second-order valence-corrected chi connectivity index (χ2v) is 9.06. The van der Waals surface area contributed by atoms with E-state index in [2.05, 4.69) is 4.98 Å². The lowest BCUT2D eigenvalue weighted by molar-refractivity contribution is -0.384. The molecule has 0 radical (unpaired) electrons. The van der Waals surface area contributed by atoms with Gasteiger partial charge in [0.25, 0.3) is 11.6 Å². The van der Waals surface area contributed by atoms with Gasteiger partial charge < -0.3 is 5.11 Å². The highest BCUT2D eigenvalue weighted by atomic mass is 32.1. The van der Waals surface area contributed by atoms with E-state index in [9.17, 15) is 29.2 Å². The van der Waals surface area contributed by atoms with E-state index in [0.717, 1.165) is 27.6 Å². The Morgan fingerprint density at radius 3 is 2.73 bits per heavy atom. The van der Waals surface area contributed by atoms with Crippen LogP contribution in [-0.4, -0.2) is 26.7 Å². The zero-order chi connectivity index (χ0) is 23.3. The highest BCUT2D eigenvalue weighted by Crippen LogP contribution is 2.45. The molecule has 1 amide bonds. The number of nitro groups is 1. The van der Waals surface area contributed by atoms with Crippen LogP contribution in [0.3, 0.4) is 0 Å². The first-order valence-electron chi connectivity index (χ1n) is 9.50. The summed E-state index contributed by atoms with van der Waals surface area (Å²) in [7, 11) is 0. The van der Waals surface area contributed by atoms with Gasteiger partial charge in [-0.1, -0.05) is 29.5 Å². The van der Waals surface area contributed by atoms with Crippen molar-refractivity contribution in [1.82, 2.24) is 4.98 Å². The molecule has 2 aromatic carbocycles. The van der Waals surface area contributed by atoms with Crippen molar-refractivity contribution in [2.75, 3.05) is 4.90 Å². The molecule has 2 aromatic heterocycles. The van der Waals surface area contributed by atoms with E-state index >= 15 is 0 Å². The summed E-state index contributed by atoms with van der Waals surface area (Å²) in [5, 5.41) is 23.9. The van der Waals surface area contributed by atoms with Crippen molar-refractivity contribution in [2.24, 2.45) is 0 Å². The average Bonchev–Trinajstić information content (AvgIpc) is 3.52. The summed E-state index contributed by atoms with van der Waals surface area (Å²) in [5.74, 6) is -2.67. The summed E-state index contributed by atoms with van der Waals surface area (Å²) in [6.45, 7) is 0. The Kier molecular flexibility index (Phi) is 4.99. The third-order valence-electron chi connectivity index (χ3n) is 5.14. The van der Waals surface area contributed by atoms with Crippen LogP contribution in [0.15, 0.2) is 71.3 Å². The van der Waals surface area contributed by atoms with Crippen LogP contribution in [0.2, 0.25) is 0 Å². The van der Waals surface area contributed by atoms with Gasteiger partial charge in [-0.25, -0.2) is 9.37 Å². The molecule has 11 heteroatoms. The predicted octanol–water partition coefficient (Wildman–Crippen LogP) is 5.19. The van der Waals surface area contributed by atoms with Crippen molar-refractivity contribution in [1.29, 1.82) is 0 Å². The second kappa shape index (κ2) is 7.87. The average molecular weight is 481 g/mol. The normalized spacial score (nSPS) is 16.1. The molecule has 3 heterocycles. The maximum Gasteiger partial charge on any atom is 0.296 e. The largest absolute Gasteiger partial charge is 0.503 e. The monoisotopic (exact) mass is 481 g/mol. The summed E-state index contributed by atoms with van der Waals surface area (Å²) in [6, 6.07) is 11.5. The van der Waals surface area contributed by atoms with E-state index in [1.54, 1.807) is 17.5 Å². The number of halogens is 1. The van der Waals surface area contributed by atoms with Crippen molar-refractivity contribution in [2.45, 2.75) is 6.04 Å². The Hall–Kier alpha value is -3.96. The quantitative estimate of drug-likeness (QED) is 0.238. The van der Waals surface area contributed by atoms with Crippen LogP contribution >= 0.6 is 22.7 Å². The van der Waals surface area contributed by atoms with Crippen LogP contribution in [0.4, 0.5) is 15.2 Å². The summed E-state index contributed by atoms with van der Waals surface area (Å²) in [4.78, 5) is 43.0. The molecule has 8 nitrogen and oxygen atoms in total. The molecule has 5 rings (SSSR count). The van der Waals surface area contributed by atoms with Crippen molar-refractivity contribution in [3.8, 4) is 0 Å². The van der Waals surface area contributed by atoms with Crippen molar-refractivity contribution in [3.05, 3.63) is 97.7 Å². The molecular weight excluding hydrogens is 469 g/mol. The number of hydrogen-bond donors (Lipinski definition) is 1. The lowest BCUT2D eigenvalue weighted by Gasteiger charge is -2.24. The molecule has 1 atom stereocenters. The fourth-order valence-corrected chi connectivity index (χ4v) is 5.38. The molecule has 4 aromatic rings. The molecule has 0 fully saturated rings. The molecule has 33 heavy (non-hydrogen) atoms. The van der Waals surface area contributed by atoms with E-state index in [1.807, 2.05) is 0 Å². The van der Waals surface area contributed by atoms with Crippen molar-refractivity contribution in [3.63, 3.8) is 0 Å². The Morgan fingerprint density at radius 2 is 2.00 bits per heavy atom. The Labute approximate surface area is 193 Å². The van der Waals surface area contributed by atoms with E-state index < -0.39 is 34.2 Å². The molecular formula is C22H12FN3O5S2. The molecule has 1 unspecified atom stereocenters. The Morgan fingerprint density at radius 1 is 1.18 bits per heavy atom. The first-order valence-corrected chi connectivity index (χ1v) is 11.2. The standard InChI is InChI=1S/C22H12FN3O5S2/c23-12-6-7-14-16(10-12)33-22(24-14)25-18(11-3-1-4-13(9-11)26(30)31)17(20(28)21(25)29)19(27)15-5-2-8-32-15/h1-10,18,28H. The first kappa shape index (κ1) is 20.9. The van der Waals surface area contributed by atoms with Gasteiger partial charge in [-0.3, -0.25) is 24.6 Å². The second-order valence-electron chi connectivity index (χ2n) is 7.11. The third-order valence-corrected chi connectivity index (χ3v) is 7.03. The molecule has 1 aliphatic rings. The Bertz CT molecular complexity index is 1480. The van der Waals surface area contributed by atoms with Crippen LogP contribution in [0.25, 0.3) is 10.2 Å². The highest BCUT2D eigenvalue weighted by molar-refractivity contribution is 7.22. The van der Waals surface area contributed by atoms with Crippen LogP contribution in [0.5, 0.6) is 0 Å². The molecule has 0 saturated heterocycles. The zero-order valence-corrected chi connectivity index (χ0v) is 18.1. The summed E-state index contributed by atoms with van der Waals surface area (Å²) < 4.78 is 14.2. The summed E-state index contributed by atoms with van der Waals surface area (Å²) in [5.41, 5.74) is 0.250. The number of aliphatic hydroxyl groups is 1. The number of aliphatic hydroxyl groups excluding tert-OH is 1. The van der Waals surface area contributed by atoms with Crippen LogP contribution < -0.4 is 4.90 Å². The van der Waals surface area contributed by atoms with Gasteiger partial charge in [0, 0.05) is 12.1 Å². The van der Waals surface area contributed by atoms with Crippen molar-refractivity contribution < 1.29 is 24.0 Å². The minimum atomic E-state index is -1.16. The third kappa shape index (κ3) is 3.47. The number of carbonyl (C=O) groups excluding carboxylic acids is 2. The number of carbonyl (C=O) groups is 2. The number of amides is 1. The molecule has 1 N–H and O–H groups in total. The lowest BCUT2D eigenvalue weighted by Crippen LogP contribution is -2.31. The van der Waals surface area contributed by atoms with Crippen LogP contribution in [0, 0.1) is 15.9 Å². The molecule has 1 aliphatic heterocycles. The number of thiazole rings is 1. The Balaban J connectivity index is 1.70. The zero-order valence-electron chi connectivity index (χ0n) is 16.5. The van der Waals surface area contributed by atoms with E-state index in [0.29, 0.717) is 15.1 Å². The van der Waals surface area contributed by atoms with Crippen molar-refractivity contribution >= 4 is 55.4 Å². The van der Waals surface area contributed by atoms with Crippen LogP contribution in [0.1, 0.15) is 21.3 Å². The van der Waals surface area contributed by atoms with Gasteiger partial charge in [-0.05, 0) is 35.2 Å². The van der Waals surface area contributed by atoms with Gasteiger partial charge in [0.15, 0.2) is 10.9 Å². The highest BCUT2D eigenvalue weighted by Gasteiger charge is 2.46. The number of aromatic nitrogens is 1. The fraction of sp³-hybridized carbons (Fsp3) is 0.0455. The summed E-state index contributed by atoms with van der Waals surface area (Å²) in [6.07, 6.45) is 0. The van der Waals surface area contributed by atoms with Gasteiger partial charge in [-0.15, -0.1) is 11.3 Å². The van der Waals surface area contributed by atoms with Gasteiger partial charge >= 0.3 is 0 Å². The molecule has 164 valence electrons. The minimum absolute atomic E-state index is 0.123. The lowest BCUT2D eigenvalue weighted by atomic mass is 9.95. The number of non-ortho nitro benzene ring substituents is 1. The maximum atomic E-state index is 13.7. The number of anilines is 1. The van der Waals surface area contributed by atoms with E-state index in [1.165, 1.54) is 42.5 Å². The number of nitro benzene ring substituents is 1. The number of nitrogens with zero attached hydrogens (tertiary/aromatic N) is 3. The molecule has 0 saturated carbocycles. The fourth-order valence-electron chi connectivity index (χ4n) is 3.69. The number of ketones is 1. The van der Waals surface area contributed by atoms with Crippen LogP contribution in [-0.2, 0) is 4.79 Å². The number of fused-ring (bicyclic) bond motifs is 1. The number of benzene rings is 2. The van der Waals surface area contributed by atoms with E-state index in [4.69, 9.17) is 0 Å². The maximum absolute atomic E-state index is 13.7. The van der Waals surface area contributed by atoms with E-state index in [-0.39, 0.29) is 22.0 Å². The minimum Gasteiger partial charge on any atom is -0.503 e. The number of Topliss-reactive ketones (excluding diaryl/α,β-unsaturated/α-hetero) is 1. The number of thiophene rings is 1. The molecule has 0 bridgehead atoms. The molecule has 0 aliphatic carbocycles. The van der Waals surface area contributed by atoms with Gasteiger partial charge in [0.1, 0.15) is 5.82 Å².